The van der Waals surface area contributed by atoms with Crippen LogP contribution in [0.5, 0.6) is 0 Å². The Morgan fingerprint density at radius 2 is 2.22 bits per heavy atom. The monoisotopic (exact) mass is 259 g/mol. The number of nitrogens with two attached hydrogens (primary N) is 1. The Bertz CT molecular complexity index is 305. The highest BCUT2D eigenvalue weighted by Crippen LogP contribution is 2.25. The van der Waals surface area contributed by atoms with Gasteiger partial charge in [-0.25, -0.2) is 5.84 Å². The Morgan fingerprint density at radius 1 is 1.61 bits per heavy atom. The van der Waals surface area contributed by atoms with Gasteiger partial charge in [-0.1, -0.05) is 0 Å². The zero-order valence-corrected chi connectivity index (χ0v) is 11.7. The number of hydrogen-bond acceptors (Lipinski definition) is 5. The van der Waals surface area contributed by atoms with Gasteiger partial charge in [0, 0.05) is 19.6 Å². The summed E-state index contributed by atoms with van der Waals surface area (Å²) in [7, 11) is 0. The molecule has 6 heteroatoms. The summed E-state index contributed by atoms with van der Waals surface area (Å²) in [6.45, 7) is 9.60. The molecule has 106 valence electrons. The maximum Gasteiger partial charge on any atom is 0.240 e. The summed E-state index contributed by atoms with van der Waals surface area (Å²) in [5.74, 6) is 5.00. The minimum atomic E-state index is -0.567. The number of rotatable bonds is 4. The summed E-state index contributed by atoms with van der Waals surface area (Å²) in [6, 6.07) is 0. The topological polar surface area (TPSA) is 87.8 Å². The molecular formula is C12H25N3O3. The molecule has 1 rings (SSSR count). The van der Waals surface area contributed by atoms with Crippen molar-refractivity contribution in [1.82, 2.24) is 10.3 Å². The lowest BCUT2D eigenvalue weighted by Crippen LogP contribution is -2.57. The Morgan fingerprint density at radius 3 is 2.72 bits per heavy atom. The third-order valence-electron chi connectivity index (χ3n) is 3.12. The van der Waals surface area contributed by atoms with Gasteiger partial charge >= 0.3 is 0 Å². The molecule has 0 aromatic heterocycles. The second-order valence-electron chi connectivity index (χ2n) is 6.21. The van der Waals surface area contributed by atoms with Crippen molar-refractivity contribution in [3.05, 3.63) is 0 Å². The van der Waals surface area contributed by atoms with Crippen LogP contribution < -0.4 is 11.3 Å². The minimum absolute atomic E-state index is 0.0105. The molecule has 0 aliphatic carbocycles. The number of aliphatic hydroxyl groups excluding tert-OH is 1. The van der Waals surface area contributed by atoms with Crippen molar-refractivity contribution in [3.8, 4) is 0 Å². The molecular weight excluding hydrogens is 234 g/mol. The van der Waals surface area contributed by atoms with Crippen molar-refractivity contribution in [1.29, 1.82) is 0 Å². The maximum absolute atomic E-state index is 11.7. The molecule has 1 atom stereocenters. The molecule has 1 aliphatic heterocycles. The first-order valence-electron chi connectivity index (χ1n) is 6.22. The van der Waals surface area contributed by atoms with E-state index in [2.05, 4.69) is 10.3 Å². The zero-order valence-electron chi connectivity index (χ0n) is 11.7. The van der Waals surface area contributed by atoms with E-state index in [1.165, 1.54) is 0 Å². The highest BCUT2D eigenvalue weighted by atomic mass is 16.5. The zero-order chi connectivity index (χ0) is 14.0. The predicted octanol–water partition coefficient (Wildman–Crippen LogP) is -0.526. The molecule has 6 nitrogen and oxygen atoms in total. The number of aliphatic hydroxyl groups is 1. The van der Waals surface area contributed by atoms with Crippen LogP contribution in [0.1, 0.15) is 27.7 Å². The Balaban J connectivity index is 2.69. The number of ether oxygens (including phenoxy) is 1. The number of amides is 1. The van der Waals surface area contributed by atoms with Gasteiger partial charge in [0.2, 0.25) is 5.91 Å². The van der Waals surface area contributed by atoms with E-state index in [1.54, 1.807) is 0 Å². The van der Waals surface area contributed by atoms with Crippen LogP contribution in [0.3, 0.4) is 0 Å². The van der Waals surface area contributed by atoms with Gasteiger partial charge < -0.3 is 9.84 Å². The second-order valence-corrected chi connectivity index (χ2v) is 6.21. The normalized spacial score (nSPS) is 24.9. The number of nitrogens with zero attached hydrogens (tertiary/aromatic N) is 1. The SMILES string of the molecule is CC1(C)CN(CC(C)(C)C(=O)NN)CC(CO)O1. The molecule has 0 spiro atoms. The third kappa shape index (κ3) is 3.91. The number of hydrogen-bond donors (Lipinski definition) is 3. The molecule has 0 radical (unpaired) electrons. The molecule has 0 aromatic rings. The molecule has 4 N–H and O–H groups in total. The first kappa shape index (κ1) is 15.4. The van der Waals surface area contributed by atoms with E-state index in [0.717, 1.165) is 6.54 Å². The summed E-state index contributed by atoms with van der Waals surface area (Å²) < 4.78 is 5.74. The van der Waals surface area contributed by atoms with E-state index in [0.29, 0.717) is 13.1 Å². The molecule has 1 saturated heterocycles. The van der Waals surface area contributed by atoms with Crippen molar-refractivity contribution in [2.75, 3.05) is 26.2 Å². The summed E-state index contributed by atoms with van der Waals surface area (Å²) in [4.78, 5) is 13.8. The van der Waals surface area contributed by atoms with Crippen molar-refractivity contribution in [2.24, 2.45) is 11.3 Å². The summed E-state index contributed by atoms with van der Waals surface area (Å²) in [6.07, 6.45) is -0.203. The van der Waals surface area contributed by atoms with Gasteiger partial charge in [-0.3, -0.25) is 15.1 Å². The lowest BCUT2D eigenvalue weighted by atomic mass is 9.90. The average molecular weight is 259 g/mol. The fraction of sp³-hybridized carbons (Fsp3) is 0.917. The first-order valence-corrected chi connectivity index (χ1v) is 6.22. The van der Waals surface area contributed by atoms with Gasteiger partial charge in [-0.2, -0.15) is 0 Å². The molecule has 1 heterocycles. The van der Waals surface area contributed by atoms with Crippen LogP contribution in [0.4, 0.5) is 0 Å². The van der Waals surface area contributed by atoms with Crippen molar-refractivity contribution >= 4 is 5.91 Å². The molecule has 1 aliphatic rings. The van der Waals surface area contributed by atoms with E-state index in [9.17, 15) is 9.90 Å². The molecule has 18 heavy (non-hydrogen) atoms. The molecule has 1 unspecified atom stereocenters. The third-order valence-corrected chi connectivity index (χ3v) is 3.12. The molecule has 1 amide bonds. The van der Waals surface area contributed by atoms with Gasteiger partial charge in [0.05, 0.1) is 23.7 Å². The lowest BCUT2D eigenvalue weighted by Gasteiger charge is -2.44. The Kier molecular flexibility index (Phi) is 4.72. The summed E-state index contributed by atoms with van der Waals surface area (Å²) in [5, 5.41) is 9.24. The number of hydrazine groups is 1. The van der Waals surface area contributed by atoms with Crippen LogP contribution in [-0.4, -0.2) is 53.9 Å². The summed E-state index contributed by atoms with van der Waals surface area (Å²) in [5.41, 5.74) is 1.31. The molecule has 0 bridgehead atoms. The van der Waals surface area contributed by atoms with E-state index >= 15 is 0 Å². The molecule has 0 aromatic carbocycles. The van der Waals surface area contributed by atoms with Gasteiger partial charge in [-0.15, -0.1) is 0 Å². The van der Waals surface area contributed by atoms with Crippen LogP contribution in [0.25, 0.3) is 0 Å². The molecule has 0 saturated carbocycles. The Labute approximate surface area is 108 Å². The summed E-state index contributed by atoms with van der Waals surface area (Å²) >= 11 is 0. The van der Waals surface area contributed by atoms with E-state index < -0.39 is 5.41 Å². The van der Waals surface area contributed by atoms with Crippen LogP contribution in [0.15, 0.2) is 0 Å². The average Bonchev–Trinajstić information content (AvgIpc) is 2.24. The quantitative estimate of drug-likeness (QED) is 0.359. The van der Waals surface area contributed by atoms with Gasteiger partial charge in [0.15, 0.2) is 0 Å². The largest absolute Gasteiger partial charge is 0.394 e. The fourth-order valence-electron chi connectivity index (χ4n) is 2.46. The van der Waals surface area contributed by atoms with Crippen molar-refractivity contribution in [3.63, 3.8) is 0 Å². The fourth-order valence-corrected chi connectivity index (χ4v) is 2.46. The van der Waals surface area contributed by atoms with E-state index in [-0.39, 0.29) is 24.2 Å². The Hall–Kier alpha value is -0.690. The smallest absolute Gasteiger partial charge is 0.240 e. The number of carbonyl (C=O) groups is 1. The molecule has 1 fully saturated rings. The van der Waals surface area contributed by atoms with Crippen molar-refractivity contribution < 1.29 is 14.6 Å². The first-order chi connectivity index (χ1) is 8.20. The van der Waals surface area contributed by atoms with Crippen molar-refractivity contribution in [2.45, 2.75) is 39.4 Å². The number of nitrogens with one attached hydrogen (secondary N) is 1. The van der Waals surface area contributed by atoms with Crippen LogP contribution in [0, 0.1) is 5.41 Å². The number of carbonyl (C=O) groups excluding carboxylic acids is 1. The van der Waals surface area contributed by atoms with E-state index in [1.807, 2.05) is 27.7 Å². The highest BCUT2D eigenvalue weighted by molar-refractivity contribution is 5.81. The van der Waals surface area contributed by atoms with Gasteiger partial charge in [-0.05, 0) is 27.7 Å². The minimum Gasteiger partial charge on any atom is -0.394 e. The van der Waals surface area contributed by atoms with Crippen LogP contribution in [-0.2, 0) is 9.53 Å². The van der Waals surface area contributed by atoms with Crippen LogP contribution >= 0.6 is 0 Å². The van der Waals surface area contributed by atoms with E-state index in [4.69, 9.17) is 10.6 Å². The maximum atomic E-state index is 11.7. The second kappa shape index (κ2) is 5.52. The lowest BCUT2D eigenvalue weighted by molar-refractivity contribution is -0.156. The van der Waals surface area contributed by atoms with Gasteiger partial charge in [0.25, 0.3) is 0 Å². The van der Waals surface area contributed by atoms with Crippen LogP contribution in [0.2, 0.25) is 0 Å². The highest BCUT2D eigenvalue weighted by Gasteiger charge is 2.37. The number of morpholine rings is 1. The van der Waals surface area contributed by atoms with Gasteiger partial charge in [0.1, 0.15) is 0 Å². The predicted molar refractivity (Wildman–Crippen MR) is 68.6 cm³/mol. The standard InChI is InChI=1S/C12H25N3O3/c1-11(2,10(17)14-13)7-15-5-9(6-16)18-12(3,4)8-15/h9,16H,5-8,13H2,1-4H3,(H,14,17).